The number of fused-ring (bicyclic) bond motifs is 1. The standard InChI is InChI=1S/C23H30F3N5O2/c1-4-12(2)31-19(21-16-6-14(7-17(16)21)30(3)15-10-32-11-15)8-18(29-31)13-5-20(22(27)28-9-13)33-23(24,25)26/h5,8-9,12,14-17,21H,4,6-7,10-11H2,1-3H3,(H2,27,28). The van der Waals surface area contributed by atoms with E-state index in [-0.39, 0.29) is 11.9 Å². The minimum absolute atomic E-state index is 0.188. The van der Waals surface area contributed by atoms with Crippen LogP contribution in [-0.2, 0) is 4.74 Å². The van der Waals surface area contributed by atoms with E-state index >= 15 is 0 Å². The van der Waals surface area contributed by atoms with Crippen LogP contribution in [0.4, 0.5) is 19.0 Å². The lowest BCUT2D eigenvalue weighted by molar-refractivity contribution is -0.274. The Kier molecular flexibility index (Phi) is 5.55. The molecule has 5 rings (SSSR count). The fourth-order valence-corrected chi connectivity index (χ4v) is 5.47. The van der Waals surface area contributed by atoms with Crippen molar-refractivity contribution >= 4 is 5.82 Å². The summed E-state index contributed by atoms with van der Waals surface area (Å²) in [5.41, 5.74) is 7.81. The van der Waals surface area contributed by atoms with E-state index in [2.05, 4.69) is 40.2 Å². The number of pyridine rings is 1. The fraction of sp³-hybridized carbons (Fsp3) is 0.652. The highest BCUT2D eigenvalue weighted by Crippen LogP contribution is 2.64. The number of likely N-dealkylation sites (N-methyl/N-ethyl adjacent to an activating group) is 1. The van der Waals surface area contributed by atoms with Crippen LogP contribution in [0.25, 0.3) is 11.3 Å². The largest absolute Gasteiger partial charge is 0.573 e. The molecular weight excluding hydrogens is 435 g/mol. The SMILES string of the molecule is CCC(C)n1nc(-c2cnc(N)c(OC(F)(F)F)c2)cc1C1C2CC(N(C)C3COC3)CC21. The van der Waals surface area contributed by atoms with Crippen LogP contribution in [0.1, 0.15) is 50.8 Å². The Bertz CT molecular complexity index is 1010. The van der Waals surface area contributed by atoms with Gasteiger partial charge in [-0.3, -0.25) is 9.58 Å². The zero-order valence-electron chi connectivity index (χ0n) is 19.0. The van der Waals surface area contributed by atoms with E-state index in [4.69, 9.17) is 15.6 Å². The van der Waals surface area contributed by atoms with Crippen LogP contribution in [0, 0.1) is 11.8 Å². The lowest BCUT2D eigenvalue weighted by atomic mass is 10.0. The monoisotopic (exact) mass is 465 g/mol. The Morgan fingerprint density at radius 3 is 2.52 bits per heavy atom. The smallest absolute Gasteiger partial charge is 0.402 e. The predicted octanol–water partition coefficient (Wildman–Crippen LogP) is 4.22. The number of hydrogen-bond donors (Lipinski definition) is 1. The van der Waals surface area contributed by atoms with E-state index in [9.17, 15) is 13.2 Å². The Morgan fingerprint density at radius 1 is 1.24 bits per heavy atom. The first-order valence-electron chi connectivity index (χ1n) is 11.6. The lowest BCUT2D eigenvalue weighted by Crippen LogP contribution is -2.51. The number of nitrogens with two attached hydrogens (primary N) is 1. The van der Waals surface area contributed by atoms with Crippen molar-refractivity contribution in [2.45, 2.75) is 63.5 Å². The van der Waals surface area contributed by atoms with Crippen molar-refractivity contribution in [1.29, 1.82) is 0 Å². The molecule has 7 nitrogen and oxygen atoms in total. The molecule has 33 heavy (non-hydrogen) atoms. The molecule has 10 heteroatoms. The summed E-state index contributed by atoms with van der Waals surface area (Å²) in [6.45, 7) is 5.87. The van der Waals surface area contributed by atoms with Crippen molar-refractivity contribution in [3.8, 4) is 17.0 Å². The number of nitrogen functional groups attached to an aromatic ring is 1. The molecule has 180 valence electrons. The number of halogens is 3. The van der Waals surface area contributed by atoms with Gasteiger partial charge in [0, 0.05) is 35.5 Å². The second-order valence-corrected chi connectivity index (χ2v) is 9.65. The number of alkyl halides is 3. The summed E-state index contributed by atoms with van der Waals surface area (Å²) in [5, 5.41) is 4.78. The second-order valence-electron chi connectivity index (χ2n) is 9.65. The van der Waals surface area contributed by atoms with Crippen molar-refractivity contribution in [2.75, 3.05) is 26.0 Å². The maximum absolute atomic E-state index is 12.7. The molecule has 0 radical (unpaired) electrons. The Balaban J connectivity index is 1.38. The van der Waals surface area contributed by atoms with Gasteiger partial charge in [0.05, 0.1) is 24.9 Å². The van der Waals surface area contributed by atoms with E-state index in [1.165, 1.54) is 12.3 Å². The molecule has 2 N–H and O–H groups in total. The van der Waals surface area contributed by atoms with Gasteiger partial charge in [-0.1, -0.05) is 6.92 Å². The summed E-state index contributed by atoms with van der Waals surface area (Å²) in [6, 6.07) is 4.59. The van der Waals surface area contributed by atoms with E-state index in [0.717, 1.165) is 38.2 Å². The highest BCUT2D eigenvalue weighted by Gasteiger charge is 2.59. The average molecular weight is 466 g/mol. The highest BCUT2D eigenvalue weighted by atomic mass is 19.4. The van der Waals surface area contributed by atoms with Gasteiger partial charge in [-0.25, -0.2) is 4.98 Å². The summed E-state index contributed by atoms with van der Waals surface area (Å²) >= 11 is 0. The molecule has 2 aromatic rings. The van der Waals surface area contributed by atoms with Gasteiger partial charge in [0.2, 0.25) is 0 Å². The van der Waals surface area contributed by atoms with Crippen LogP contribution >= 0.6 is 0 Å². The average Bonchev–Trinajstić information content (AvgIpc) is 3.07. The first-order valence-corrected chi connectivity index (χ1v) is 11.6. The van der Waals surface area contributed by atoms with Crippen LogP contribution in [0.3, 0.4) is 0 Å². The molecule has 2 aromatic heterocycles. The number of nitrogens with zero attached hydrogens (tertiary/aromatic N) is 4. The summed E-state index contributed by atoms with van der Waals surface area (Å²) in [4.78, 5) is 6.39. The lowest BCUT2D eigenvalue weighted by Gasteiger charge is -2.39. The van der Waals surface area contributed by atoms with Gasteiger partial charge in [0.1, 0.15) is 0 Å². The van der Waals surface area contributed by atoms with Crippen LogP contribution < -0.4 is 10.5 Å². The number of hydrogen-bond acceptors (Lipinski definition) is 6. The summed E-state index contributed by atoms with van der Waals surface area (Å²) < 4.78 is 49.7. The Morgan fingerprint density at radius 2 is 1.94 bits per heavy atom. The number of anilines is 1. The predicted molar refractivity (Wildman–Crippen MR) is 117 cm³/mol. The first kappa shape index (κ1) is 22.5. The normalized spacial score (nSPS) is 28.0. The fourth-order valence-electron chi connectivity index (χ4n) is 5.47. The van der Waals surface area contributed by atoms with E-state index in [1.54, 1.807) is 0 Å². The molecule has 3 atom stereocenters. The summed E-state index contributed by atoms with van der Waals surface area (Å²) in [7, 11) is 2.20. The van der Waals surface area contributed by atoms with Gasteiger partial charge in [-0.2, -0.15) is 5.10 Å². The highest BCUT2D eigenvalue weighted by molar-refractivity contribution is 5.64. The molecule has 0 aromatic carbocycles. The van der Waals surface area contributed by atoms with Gasteiger partial charge in [0.15, 0.2) is 11.6 Å². The van der Waals surface area contributed by atoms with E-state index in [1.807, 2.05) is 6.07 Å². The van der Waals surface area contributed by atoms with Gasteiger partial charge in [-0.15, -0.1) is 13.2 Å². The first-order chi connectivity index (χ1) is 15.7. The molecule has 3 aliphatic rings. The van der Waals surface area contributed by atoms with Crippen molar-refractivity contribution < 1.29 is 22.6 Å². The molecule has 2 saturated carbocycles. The molecule has 3 fully saturated rings. The van der Waals surface area contributed by atoms with Crippen LogP contribution in [0.5, 0.6) is 5.75 Å². The molecule has 0 bridgehead atoms. The van der Waals surface area contributed by atoms with Crippen LogP contribution in [0.2, 0.25) is 0 Å². The molecular formula is C23H30F3N5O2. The quantitative estimate of drug-likeness (QED) is 0.660. The van der Waals surface area contributed by atoms with Crippen molar-refractivity contribution in [2.24, 2.45) is 11.8 Å². The number of rotatable bonds is 7. The van der Waals surface area contributed by atoms with Gasteiger partial charge >= 0.3 is 6.36 Å². The molecule has 0 spiro atoms. The van der Waals surface area contributed by atoms with Crippen molar-refractivity contribution in [3.63, 3.8) is 0 Å². The third kappa shape index (κ3) is 4.19. The van der Waals surface area contributed by atoms with E-state index in [0.29, 0.717) is 41.1 Å². The Labute approximate surface area is 191 Å². The third-order valence-electron chi connectivity index (χ3n) is 7.71. The molecule has 0 amide bonds. The van der Waals surface area contributed by atoms with E-state index < -0.39 is 12.1 Å². The summed E-state index contributed by atoms with van der Waals surface area (Å²) in [5.74, 6) is 0.879. The number of ether oxygens (including phenoxy) is 2. The van der Waals surface area contributed by atoms with Crippen molar-refractivity contribution in [3.05, 3.63) is 24.0 Å². The minimum atomic E-state index is -4.84. The van der Waals surface area contributed by atoms with Crippen LogP contribution in [0.15, 0.2) is 18.3 Å². The second kappa shape index (κ2) is 8.16. The maximum atomic E-state index is 12.7. The van der Waals surface area contributed by atoms with Crippen molar-refractivity contribution in [1.82, 2.24) is 19.7 Å². The molecule has 3 heterocycles. The van der Waals surface area contributed by atoms with Crippen LogP contribution in [-0.4, -0.2) is 58.4 Å². The van der Waals surface area contributed by atoms with Gasteiger partial charge in [-0.05, 0) is 57.2 Å². The third-order valence-corrected chi connectivity index (χ3v) is 7.71. The molecule has 2 aliphatic carbocycles. The minimum Gasteiger partial charge on any atom is -0.402 e. The number of aromatic nitrogens is 3. The van der Waals surface area contributed by atoms with Gasteiger partial charge < -0.3 is 15.2 Å². The zero-order chi connectivity index (χ0) is 23.5. The molecule has 1 aliphatic heterocycles. The van der Waals surface area contributed by atoms with Gasteiger partial charge in [0.25, 0.3) is 0 Å². The Hall–Kier alpha value is -2.33. The maximum Gasteiger partial charge on any atom is 0.573 e. The molecule has 1 saturated heterocycles. The molecule has 3 unspecified atom stereocenters. The zero-order valence-corrected chi connectivity index (χ0v) is 19.0. The summed E-state index contributed by atoms with van der Waals surface area (Å²) in [6.07, 6.45) is -0.153. The topological polar surface area (TPSA) is 78.4 Å².